The molecule has 2 rings (SSSR count). The first-order valence-electron chi connectivity index (χ1n) is 8.85. The second kappa shape index (κ2) is 9.11. The van der Waals surface area contributed by atoms with Gasteiger partial charge in [0.05, 0.1) is 32.8 Å². The summed E-state index contributed by atoms with van der Waals surface area (Å²) in [5.74, 6) is -0.295. The summed E-state index contributed by atoms with van der Waals surface area (Å²) >= 11 is 0. The number of allylic oxidation sites excluding steroid dienone is 1. The van der Waals surface area contributed by atoms with Gasteiger partial charge >= 0.3 is 12.1 Å². The summed E-state index contributed by atoms with van der Waals surface area (Å²) in [5.41, 5.74) is 0.142. The molecular formula is C22H23F3O5. The first kappa shape index (κ1) is 23.1. The van der Waals surface area contributed by atoms with Crippen molar-refractivity contribution in [2.45, 2.75) is 25.1 Å². The van der Waals surface area contributed by atoms with Crippen molar-refractivity contribution in [3.05, 3.63) is 83.0 Å². The predicted octanol–water partition coefficient (Wildman–Crippen LogP) is 4.88. The number of rotatable bonds is 7. The first-order valence-corrected chi connectivity index (χ1v) is 8.85. The molecule has 162 valence electrons. The minimum atomic E-state index is -4.46. The van der Waals surface area contributed by atoms with Crippen molar-refractivity contribution in [2.24, 2.45) is 0 Å². The van der Waals surface area contributed by atoms with Crippen LogP contribution in [0.2, 0.25) is 0 Å². The van der Waals surface area contributed by atoms with Crippen molar-refractivity contribution in [3.63, 3.8) is 0 Å². The van der Waals surface area contributed by atoms with Crippen molar-refractivity contribution < 1.29 is 36.9 Å². The van der Waals surface area contributed by atoms with Crippen molar-refractivity contribution in [1.29, 1.82) is 0 Å². The van der Waals surface area contributed by atoms with Gasteiger partial charge in [-0.15, -0.1) is 0 Å². The molecule has 0 radical (unpaired) electrons. The fraction of sp³-hybridized carbons (Fsp3) is 0.318. The molecule has 1 aliphatic heterocycles. The Kier molecular flexibility index (Phi) is 7.02. The molecule has 0 unspecified atom stereocenters. The number of hydrogen-bond donors (Lipinski definition) is 0. The number of ether oxygens (including phenoxy) is 4. The van der Waals surface area contributed by atoms with Crippen LogP contribution in [0.3, 0.4) is 0 Å². The fourth-order valence-corrected chi connectivity index (χ4v) is 3.09. The third kappa shape index (κ3) is 4.69. The molecule has 1 fully saturated rings. The largest absolute Gasteiger partial charge is 0.497 e. The van der Waals surface area contributed by atoms with Crippen molar-refractivity contribution >= 4 is 5.97 Å². The Morgan fingerprint density at radius 1 is 1.10 bits per heavy atom. The second-order valence-electron chi connectivity index (χ2n) is 6.53. The summed E-state index contributed by atoms with van der Waals surface area (Å²) in [4.78, 5) is 12.1. The van der Waals surface area contributed by atoms with E-state index in [-0.39, 0.29) is 11.3 Å². The molecule has 5 nitrogen and oxygen atoms in total. The average molecular weight is 424 g/mol. The molecule has 0 N–H and O–H groups in total. The molecule has 1 heterocycles. The van der Waals surface area contributed by atoms with Crippen LogP contribution in [-0.4, -0.2) is 33.4 Å². The molecular weight excluding hydrogens is 401 g/mol. The number of carbonyl (C=O) groups excluding carboxylic acids is 1. The fourth-order valence-electron chi connectivity index (χ4n) is 3.09. The van der Waals surface area contributed by atoms with Crippen molar-refractivity contribution in [3.8, 4) is 0 Å². The van der Waals surface area contributed by atoms with Crippen LogP contribution in [0.15, 0.2) is 71.9 Å². The maximum absolute atomic E-state index is 12.9. The van der Waals surface area contributed by atoms with E-state index in [1.807, 2.05) is 0 Å². The van der Waals surface area contributed by atoms with Gasteiger partial charge in [-0.1, -0.05) is 25.3 Å². The molecule has 0 saturated carbocycles. The van der Waals surface area contributed by atoms with Gasteiger partial charge in [0.25, 0.3) is 0 Å². The molecule has 1 aromatic rings. The lowest BCUT2D eigenvalue weighted by atomic mass is 9.85. The minimum Gasteiger partial charge on any atom is -0.497 e. The maximum Gasteiger partial charge on any atom is 0.416 e. The SMILES string of the molecule is C=C(/C=C(OC)\C(OC)=C(/C)OC)[C@H]1OC(=O)C(=C)[C@H]1c1ccc(C(F)(F)F)cc1. The van der Waals surface area contributed by atoms with Crippen LogP contribution in [0, 0.1) is 0 Å². The number of hydrogen-bond acceptors (Lipinski definition) is 5. The first-order chi connectivity index (χ1) is 14.0. The quantitative estimate of drug-likeness (QED) is 0.270. The van der Waals surface area contributed by atoms with Crippen LogP contribution in [-0.2, 0) is 29.9 Å². The van der Waals surface area contributed by atoms with E-state index in [0.717, 1.165) is 12.1 Å². The van der Waals surface area contributed by atoms with Crippen LogP contribution < -0.4 is 0 Å². The van der Waals surface area contributed by atoms with E-state index in [0.29, 0.717) is 22.7 Å². The topological polar surface area (TPSA) is 54.0 Å². The Bertz CT molecular complexity index is 894. The van der Waals surface area contributed by atoms with E-state index in [4.69, 9.17) is 18.9 Å². The summed E-state index contributed by atoms with van der Waals surface area (Å²) in [5, 5.41) is 0. The number of carbonyl (C=O) groups is 1. The van der Waals surface area contributed by atoms with Crippen LogP contribution in [0.1, 0.15) is 24.0 Å². The summed E-state index contributed by atoms with van der Waals surface area (Å²) < 4.78 is 59.8. The third-order valence-corrected chi connectivity index (χ3v) is 4.73. The highest BCUT2D eigenvalue weighted by atomic mass is 19.4. The van der Waals surface area contributed by atoms with E-state index < -0.39 is 29.7 Å². The Labute approximate surface area is 173 Å². The van der Waals surface area contributed by atoms with Gasteiger partial charge in [0.2, 0.25) is 0 Å². The lowest BCUT2D eigenvalue weighted by Gasteiger charge is -2.20. The summed E-state index contributed by atoms with van der Waals surface area (Å²) in [6.07, 6.45) is -3.80. The van der Waals surface area contributed by atoms with Crippen LogP contribution in [0.25, 0.3) is 0 Å². The smallest absolute Gasteiger partial charge is 0.416 e. The van der Waals surface area contributed by atoms with Crippen molar-refractivity contribution in [1.82, 2.24) is 0 Å². The molecule has 0 aromatic heterocycles. The molecule has 0 bridgehead atoms. The van der Waals surface area contributed by atoms with E-state index in [1.54, 1.807) is 6.92 Å². The lowest BCUT2D eigenvalue weighted by molar-refractivity contribution is -0.138. The minimum absolute atomic E-state index is 0.129. The normalized spacial score (nSPS) is 20.4. The van der Waals surface area contributed by atoms with Gasteiger partial charge in [-0.25, -0.2) is 4.79 Å². The monoisotopic (exact) mass is 424 g/mol. The van der Waals surface area contributed by atoms with Gasteiger partial charge in [-0.3, -0.25) is 0 Å². The highest BCUT2D eigenvalue weighted by molar-refractivity contribution is 5.93. The number of cyclic esters (lactones) is 1. The highest BCUT2D eigenvalue weighted by Crippen LogP contribution is 2.40. The van der Waals surface area contributed by atoms with Gasteiger partial charge in [-0.2, -0.15) is 13.2 Å². The highest BCUT2D eigenvalue weighted by Gasteiger charge is 2.41. The van der Waals surface area contributed by atoms with Gasteiger partial charge in [0.15, 0.2) is 11.5 Å². The maximum atomic E-state index is 12.9. The van der Waals surface area contributed by atoms with Gasteiger partial charge < -0.3 is 18.9 Å². The zero-order valence-electron chi connectivity index (χ0n) is 17.1. The number of esters is 1. The molecule has 2 atom stereocenters. The molecule has 1 aliphatic rings. The van der Waals surface area contributed by atoms with E-state index in [1.165, 1.54) is 39.5 Å². The third-order valence-electron chi connectivity index (χ3n) is 4.73. The zero-order chi connectivity index (χ0) is 22.6. The molecule has 8 heteroatoms. The number of methoxy groups -OCH3 is 3. The number of benzene rings is 1. The molecule has 0 aliphatic carbocycles. The Hall–Kier alpha value is -3.16. The Morgan fingerprint density at radius 3 is 2.17 bits per heavy atom. The van der Waals surface area contributed by atoms with Gasteiger partial charge in [0, 0.05) is 5.57 Å². The van der Waals surface area contributed by atoms with Crippen LogP contribution in [0.5, 0.6) is 0 Å². The zero-order valence-corrected chi connectivity index (χ0v) is 17.1. The molecule has 30 heavy (non-hydrogen) atoms. The molecule has 1 aromatic carbocycles. The van der Waals surface area contributed by atoms with Crippen molar-refractivity contribution in [2.75, 3.05) is 21.3 Å². The standard InChI is InChI=1S/C22H23F3O5/c1-12(11-17(28-5)20(29-6)14(3)27-4)19-18(13(2)21(26)30-19)15-7-9-16(10-8-15)22(23,24)25/h7-11,18-19H,1-2H2,3-6H3/b17-11+,20-14-/t18-,19+/m0/s1. The van der Waals surface area contributed by atoms with E-state index >= 15 is 0 Å². The summed E-state index contributed by atoms with van der Waals surface area (Å²) in [6.45, 7) is 9.38. The lowest BCUT2D eigenvalue weighted by Crippen LogP contribution is -2.17. The van der Waals surface area contributed by atoms with Crippen LogP contribution >= 0.6 is 0 Å². The van der Waals surface area contributed by atoms with Gasteiger partial charge in [-0.05, 0) is 36.3 Å². The summed E-state index contributed by atoms with van der Waals surface area (Å²) in [7, 11) is 4.34. The Balaban J connectivity index is 2.42. The number of alkyl halides is 3. The Morgan fingerprint density at radius 2 is 1.70 bits per heavy atom. The van der Waals surface area contributed by atoms with Gasteiger partial charge in [0.1, 0.15) is 11.9 Å². The van der Waals surface area contributed by atoms with E-state index in [9.17, 15) is 18.0 Å². The van der Waals surface area contributed by atoms with E-state index in [2.05, 4.69) is 13.2 Å². The predicted molar refractivity (Wildman–Crippen MR) is 104 cm³/mol. The second-order valence-corrected chi connectivity index (χ2v) is 6.53. The summed E-state index contributed by atoms with van der Waals surface area (Å²) in [6, 6.07) is 4.51. The molecule has 0 spiro atoms. The number of halogens is 3. The van der Waals surface area contributed by atoms with Crippen LogP contribution in [0.4, 0.5) is 13.2 Å². The molecule has 0 amide bonds. The molecule has 1 saturated heterocycles. The average Bonchev–Trinajstić information content (AvgIpc) is 3.01.